The second-order valence-corrected chi connectivity index (χ2v) is 8.22. The number of ether oxygens (including phenoxy) is 1. The molecule has 0 N–H and O–H groups in total. The highest BCUT2D eigenvalue weighted by Gasteiger charge is 2.30. The van der Waals surface area contributed by atoms with Crippen LogP contribution in [0.3, 0.4) is 0 Å². The Hall–Kier alpha value is -2.37. The summed E-state index contributed by atoms with van der Waals surface area (Å²) in [7, 11) is 2.00. The van der Waals surface area contributed by atoms with Crippen molar-refractivity contribution >= 4 is 6.09 Å². The molecule has 1 aromatic heterocycles. The maximum atomic E-state index is 13.6. The van der Waals surface area contributed by atoms with Crippen LogP contribution in [0.15, 0.2) is 24.3 Å². The fraction of sp³-hybridized carbons (Fsp3) is 0.524. The first-order valence-corrected chi connectivity index (χ1v) is 9.43. The molecule has 0 saturated carbocycles. The predicted molar refractivity (Wildman–Crippen MR) is 103 cm³/mol. The van der Waals surface area contributed by atoms with Crippen LogP contribution in [0.1, 0.15) is 51.0 Å². The first kappa shape index (κ1) is 19.4. The zero-order chi connectivity index (χ0) is 19.8. The van der Waals surface area contributed by atoms with Gasteiger partial charge in [-0.15, -0.1) is 0 Å². The molecule has 1 amide bonds. The number of nitrogens with zero attached hydrogens (tertiary/aromatic N) is 3. The largest absolute Gasteiger partial charge is 0.444 e. The van der Waals surface area contributed by atoms with Gasteiger partial charge in [-0.2, -0.15) is 0 Å². The molecule has 0 spiro atoms. The van der Waals surface area contributed by atoms with E-state index in [4.69, 9.17) is 9.72 Å². The molecule has 3 rings (SSSR count). The average molecular weight is 373 g/mol. The molecule has 0 radical (unpaired) electrons. The normalized spacial score (nSPS) is 15.9. The summed E-state index contributed by atoms with van der Waals surface area (Å²) in [4.78, 5) is 18.9. The zero-order valence-electron chi connectivity index (χ0n) is 16.8. The van der Waals surface area contributed by atoms with Crippen molar-refractivity contribution < 1.29 is 13.9 Å². The topological polar surface area (TPSA) is 47.4 Å². The summed E-state index contributed by atoms with van der Waals surface area (Å²) in [6.07, 6.45) is 1.43. The molecule has 6 heteroatoms. The van der Waals surface area contributed by atoms with E-state index in [-0.39, 0.29) is 17.8 Å². The summed E-state index contributed by atoms with van der Waals surface area (Å²) in [5.41, 5.74) is 2.15. The van der Waals surface area contributed by atoms with Gasteiger partial charge in [0, 0.05) is 37.3 Å². The minimum atomic E-state index is -0.482. The molecule has 0 atom stereocenters. The molecule has 0 aliphatic carbocycles. The number of aromatic nitrogens is 2. The number of halogens is 1. The maximum absolute atomic E-state index is 13.6. The van der Waals surface area contributed by atoms with Crippen LogP contribution in [-0.4, -0.2) is 39.2 Å². The molecular weight excluding hydrogens is 345 g/mol. The van der Waals surface area contributed by atoms with Crippen LogP contribution in [0.25, 0.3) is 11.3 Å². The molecule has 2 aromatic rings. The summed E-state index contributed by atoms with van der Waals surface area (Å²) >= 11 is 0. The summed E-state index contributed by atoms with van der Waals surface area (Å²) in [6.45, 7) is 8.95. The standard InChI is InChI=1S/C21H28FN3O2/c1-14-18(16-7-6-8-17(22)13-16)23-19(24(14)5)15-9-11-25(12-10-15)20(26)27-21(2,3)4/h6-8,13,15H,9-12H2,1-5H3. The number of hydrogen-bond acceptors (Lipinski definition) is 3. The van der Waals surface area contributed by atoms with Crippen molar-refractivity contribution in [1.29, 1.82) is 0 Å². The monoisotopic (exact) mass is 373 g/mol. The Bertz CT molecular complexity index is 830. The molecule has 1 aromatic carbocycles. The molecule has 1 fully saturated rings. The van der Waals surface area contributed by atoms with Crippen molar-refractivity contribution in [1.82, 2.24) is 14.5 Å². The van der Waals surface area contributed by atoms with E-state index in [9.17, 15) is 9.18 Å². The smallest absolute Gasteiger partial charge is 0.410 e. The molecule has 146 valence electrons. The quantitative estimate of drug-likeness (QED) is 0.770. The van der Waals surface area contributed by atoms with Gasteiger partial charge in [-0.3, -0.25) is 0 Å². The van der Waals surface area contributed by atoms with Gasteiger partial charge in [0.1, 0.15) is 17.2 Å². The third kappa shape index (κ3) is 4.31. The van der Waals surface area contributed by atoms with E-state index in [1.54, 1.807) is 11.0 Å². The van der Waals surface area contributed by atoms with Gasteiger partial charge in [-0.1, -0.05) is 12.1 Å². The molecule has 0 unspecified atom stereocenters. The third-order valence-corrected chi connectivity index (χ3v) is 5.03. The fourth-order valence-corrected chi connectivity index (χ4v) is 3.52. The van der Waals surface area contributed by atoms with E-state index in [2.05, 4.69) is 4.57 Å². The lowest BCUT2D eigenvalue weighted by atomic mass is 9.96. The van der Waals surface area contributed by atoms with E-state index >= 15 is 0 Å². The van der Waals surface area contributed by atoms with Crippen LogP contribution < -0.4 is 0 Å². The SMILES string of the molecule is Cc1c(-c2cccc(F)c2)nc(C2CCN(C(=O)OC(C)(C)C)CC2)n1C. The number of carbonyl (C=O) groups is 1. The Morgan fingerprint density at radius 3 is 2.52 bits per heavy atom. The Morgan fingerprint density at radius 1 is 1.26 bits per heavy atom. The highest BCUT2D eigenvalue weighted by atomic mass is 19.1. The zero-order valence-corrected chi connectivity index (χ0v) is 16.8. The Labute approximate surface area is 160 Å². The van der Waals surface area contributed by atoms with Gasteiger partial charge in [0.2, 0.25) is 0 Å². The van der Waals surface area contributed by atoms with Crippen molar-refractivity contribution in [3.63, 3.8) is 0 Å². The van der Waals surface area contributed by atoms with Crippen molar-refractivity contribution in [2.75, 3.05) is 13.1 Å². The third-order valence-electron chi connectivity index (χ3n) is 5.03. The number of rotatable bonds is 2. The van der Waals surface area contributed by atoms with E-state index < -0.39 is 5.60 Å². The highest BCUT2D eigenvalue weighted by molar-refractivity contribution is 5.68. The Balaban J connectivity index is 1.74. The summed E-state index contributed by atoms with van der Waals surface area (Å²) in [5.74, 6) is 1.01. The molecule has 1 aliphatic heterocycles. The number of likely N-dealkylation sites (tertiary alicyclic amines) is 1. The predicted octanol–water partition coefficient (Wildman–Crippen LogP) is 4.65. The molecule has 5 nitrogen and oxygen atoms in total. The van der Waals surface area contributed by atoms with Gasteiger partial charge >= 0.3 is 6.09 Å². The lowest BCUT2D eigenvalue weighted by Gasteiger charge is -2.33. The molecule has 1 saturated heterocycles. The maximum Gasteiger partial charge on any atom is 0.410 e. The number of amides is 1. The second kappa shape index (κ2) is 7.33. The van der Waals surface area contributed by atoms with Gasteiger partial charge in [0.25, 0.3) is 0 Å². The van der Waals surface area contributed by atoms with Gasteiger partial charge in [-0.05, 0) is 52.7 Å². The number of benzene rings is 1. The van der Waals surface area contributed by atoms with Crippen LogP contribution in [0.4, 0.5) is 9.18 Å². The van der Waals surface area contributed by atoms with E-state index in [0.717, 1.165) is 35.6 Å². The first-order chi connectivity index (χ1) is 12.7. The lowest BCUT2D eigenvalue weighted by Crippen LogP contribution is -2.41. The molecule has 27 heavy (non-hydrogen) atoms. The van der Waals surface area contributed by atoms with Crippen molar-refractivity contribution in [3.8, 4) is 11.3 Å². The van der Waals surface area contributed by atoms with Crippen molar-refractivity contribution in [2.24, 2.45) is 7.05 Å². The van der Waals surface area contributed by atoms with Gasteiger partial charge in [-0.25, -0.2) is 14.2 Å². The summed E-state index contributed by atoms with van der Waals surface area (Å²) in [5, 5.41) is 0. The molecule has 2 heterocycles. The van der Waals surface area contributed by atoms with Crippen molar-refractivity contribution in [2.45, 2.75) is 52.1 Å². The molecule has 1 aliphatic rings. The van der Waals surface area contributed by atoms with Crippen LogP contribution in [0, 0.1) is 12.7 Å². The Kier molecular flexibility index (Phi) is 5.27. The van der Waals surface area contributed by atoms with Gasteiger partial charge < -0.3 is 14.2 Å². The number of hydrogen-bond donors (Lipinski definition) is 0. The van der Waals surface area contributed by atoms with Gasteiger partial charge in [0.15, 0.2) is 0 Å². The number of piperidine rings is 1. The summed E-state index contributed by atoms with van der Waals surface area (Å²) < 4.78 is 21.2. The number of carbonyl (C=O) groups excluding carboxylic acids is 1. The van der Waals surface area contributed by atoms with Crippen LogP contribution in [0.2, 0.25) is 0 Å². The van der Waals surface area contributed by atoms with E-state index in [1.807, 2.05) is 40.8 Å². The molecular formula is C21H28FN3O2. The van der Waals surface area contributed by atoms with Crippen LogP contribution in [0.5, 0.6) is 0 Å². The Morgan fingerprint density at radius 2 is 1.93 bits per heavy atom. The van der Waals surface area contributed by atoms with E-state index in [1.165, 1.54) is 12.1 Å². The fourth-order valence-electron chi connectivity index (χ4n) is 3.52. The second-order valence-electron chi connectivity index (χ2n) is 8.22. The average Bonchev–Trinajstić information content (AvgIpc) is 2.89. The number of imidazole rings is 1. The first-order valence-electron chi connectivity index (χ1n) is 9.43. The highest BCUT2D eigenvalue weighted by Crippen LogP contribution is 2.32. The van der Waals surface area contributed by atoms with Gasteiger partial charge in [0.05, 0.1) is 5.69 Å². The van der Waals surface area contributed by atoms with Crippen LogP contribution in [-0.2, 0) is 11.8 Å². The minimum Gasteiger partial charge on any atom is -0.444 e. The lowest BCUT2D eigenvalue weighted by molar-refractivity contribution is 0.0202. The molecule has 0 bridgehead atoms. The van der Waals surface area contributed by atoms with E-state index in [0.29, 0.717) is 13.1 Å². The van der Waals surface area contributed by atoms with Crippen LogP contribution >= 0.6 is 0 Å². The summed E-state index contributed by atoms with van der Waals surface area (Å²) in [6, 6.07) is 6.55. The van der Waals surface area contributed by atoms with Crippen molar-refractivity contribution in [3.05, 3.63) is 41.6 Å². The minimum absolute atomic E-state index is 0.252.